The number of hydrogen-bond acceptors (Lipinski definition) is 3. The largest absolute Gasteiger partial charge is 0.497 e. The normalized spacial score (nSPS) is 15.3. The monoisotopic (exact) mass is 446 g/mol. The van der Waals surface area contributed by atoms with Crippen LogP contribution in [0.25, 0.3) is 22.2 Å². The highest BCUT2D eigenvalue weighted by molar-refractivity contribution is 6.18. The zero-order valence-corrected chi connectivity index (χ0v) is 18.6. The summed E-state index contributed by atoms with van der Waals surface area (Å²) in [5.74, 6) is 1.81. The quantitative estimate of drug-likeness (QED) is 0.390. The van der Waals surface area contributed by atoms with Gasteiger partial charge in [0.1, 0.15) is 11.5 Å². The molecule has 0 fully saturated rings. The zero-order valence-electron chi connectivity index (χ0n) is 17.9. The highest BCUT2D eigenvalue weighted by Gasteiger charge is 2.40. The van der Waals surface area contributed by atoms with Crippen LogP contribution in [0.3, 0.4) is 0 Å². The van der Waals surface area contributed by atoms with Gasteiger partial charge in [-0.3, -0.25) is 4.79 Å². The van der Waals surface area contributed by atoms with Crippen LogP contribution in [-0.2, 0) is 0 Å². The number of carbonyl (C=O) groups is 1. The lowest BCUT2D eigenvalue weighted by molar-refractivity contribution is 0.0762. The maximum absolute atomic E-state index is 13.3. The fourth-order valence-electron chi connectivity index (χ4n) is 4.67. The first-order chi connectivity index (χ1) is 15.7. The Kier molecular flexibility index (Phi) is 5.27. The fourth-order valence-corrected chi connectivity index (χ4v) is 4.85. The highest BCUT2D eigenvalue weighted by Crippen LogP contribution is 2.47. The van der Waals surface area contributed by atoms with E-state index < -0.39 is 0 Å². The van der Waals surface area contributed by atoms with Gasteiger partial charge in [0.05, 0.1) is 26.0 Å². The summed E-state index contributed by atoms with van der Waals surface area (Å²) in [7, 11) is 3.30. The first-order valence-corrected chi connectivity index (χ1v) is 11.0. The number of amides is 1. The number of ether oxygens (including phenoxy) is 2. The van der Waals surface area contributed by atoms with Crippen molar-refractivity contribution in [1.29, 1.82) is 0 Å². The van der Waals surface area contributed by atoms with E-state index in [-0.39, 0.29) is 11.9 Å². The molecule has 1 unspecified atom stereocenters. The summed E-state index contributed by atoms with van der Waals surface area (Å²) in [6.45, 7) is 0.452. The van der Waals surface area contributed by atoms with Crippen LogP contribution in [0.4, 0.5) is 0 Å². The molecule has 162 valence electrons. The Morgan fingerprint density at radius 3 is 2.53 bits per heavy atom. The molecule has 4 aromatic rings. The van der Waals surface area contributed by atoms with Crippen LogP contribution in [0.2, 0.25) is 0 Å². The first-order valence-electron chi connectivity index (χ1n) is 10.5. The second-order valence-electron chi connectivity index (χ2n) is 7.70. The van der Waals surface area contributed by atoms with Gasteiger partial charge in [0.2, 0.25) is 0 Å². The van der Waals surface area contributed by atoms with Crippen molar-refractivity contribution >= 4 is 28.4 Å². The average molecular weight is 447 g/mol. The smallest absolute Gasteiger partial charge is 0.255 e. The number of methoxy groups -OCH3 is 2. The molecule has 5 nitrogen and oxygen atoms in total. The van der Waals surface area contributed by atoms with Crippen molar-refractivity contribution in [1.82, 2.24) is 9.88 Å². The van der Waals surface area contributed by atoms with E-state index in [1.807, 2.05) is 65.6 Å². The third kappa shape index (κ3) is 3.12. The summed E-state index contributed by atoms with van der Waals surface area (Å²) in [4.78, 5) is 18.8. The summed E-state index contributed by atoms with van der Waals surface area (Å²) >= 11 is 6.14. The molecular weight excluding hydrogens is 424 g/mol. The number of halogens is 1. The van der Waals surface area contributed by atoms with Gasteiger partial charge in [-0.15, -0.1) is 11.6 Å². The molecule has 2 heterocycles. The van der Waals surface area contributed by atoms with Gasteiger partial charge in [0.15, 0.2) is 0 Å². The second kappa shape index (κ2) is 8.24. The van der Waals surface area contributed by atoms with E-state index in [1.165, 1.54) is 0 Å². The summed E-state index contributed by atoms with van der Waals surface area (Å²) in [5.41, 5.74) is 5.49. The van der Waals surface area contributed by atoms with Gasteiger partial charge in [-0.05, 0) is 35.9 Å². The number of aromatic nitrogens is 1. The van der Waals surface area contributed by atoms with E-state index in [4.69, 9.17) is 21.1 Å². The number of nitrogens with one attached hydrogen (secondary N) is 1. The molecule has 0 bridgehead atoms. The van der Waals surface area contributed by atoms with Gasteiger partial charge in [-0.1, -0.05) is 36.4 Å². The minimum atomic E-state index is -0.264. The van der Waals surface area contributed by atoms with E-state index in [9.17, 15) is 4.79 Å². The minimum absolute atomic E-state index is 0.0000818. The Bertz CT molecular complexity index is 1310. The van der Waals surface area contributed by atoms with Crippen molar-refractivity contribution < 1.29 is 14.3 Å². The lowest BCUT2D eigenvalue weighted by Gasteiger charge is -2.26. The van der Waals surface area contributed by atoms with Crippen LogP contribution in [-0.4, -0.2) is 42.4 Å². The Hall–Kier alpha value is -3.44. The Labute approximate surface area is 191 Å². The maximum Gasteiger partial charge on any atom is 0.255 e. The van der Waals surface area contributed by atoms with Crippen LogP contribution in [0.15, 0.2) is 66.7 Å². The molecule has 6 heteroatoms. The lowest BCUT2D eigenvalue weighted by Crippen LogP contribution is -2.30. The SMILES string of the molecule is COc1ccc(OC)c(-c2[nH]c3ccccc3c2C2c3ccccc3C(=O)N2CCCl)c1. The maximum atomic E-state index is 13.3. The number of fused-ring (bicyclic) bond motifs is 2. The fraction of sp³-hybridized carbons (Fsp3) is 0.192. The number of H-pyrrole nitrogens is 1. The molecule has 3 aromatic carbocycles. The first kappa shape index (κ1) is 20.5. The number of hydrogen-bond donors (Lipinski definition) is 1. The van der Waals surface area contributed by atoms with Gasteiger partial charge in [0, 0.05) is 40.0 Å². The van der Waals surface area contributed by atoms with Crippen molar-refractivity contribution in [2.24, 2.45) is 0 Å². The number of alkyl halides is 1. The van der Waals surface area contributed by atoms with E-state index in [0.717, 1.165) is 50.3 Å². The van der Waals surface area contributed by atoms with E-state index in [2.05, 4.69) is 11.1 Å². The standard InChI is InChI=1S/C26H23ClN2O3/c1-31-16-11-12-22(32-2)20(15-16)24-23(19-9-5-6-10-21(19)28-24)25-17-7-3-4-8-18(17)26(30)29(25)14-13-27/h3-12,15,25,28H,13-14H2,1-2H3. The van der Waals surface area contributed by atoms with Crippen molar-refractivity contribution in [3.05, 3.63) is 83.4 Å². The van der Waals surface area contributed by atoms with Gasteiger partial charge < -0.3 is 19.4 Å². The van der Waals surface area contributed by atoms with E-state index >= 15 is 0 Å². The minimum Gasteiger partial charge on any atom is -0.497 e. The Morgan fingerprint density at radius 1 is 0.969 bits per heavy atom. The van der Waals surface area contributed by atoms with Crippen molar-refractivity contribution in [3.8, 4) is 22.8 Å². The van der Waals surface area contributed by atoms with Crippen molar-refractivity contribution in [2.75, 3.05) is 26.6 Å². The van der Waals surface area contributed by atoms with Crippen LogP contribution in [0.5, 0.6) is 11.5 Å². The number of nitrogens with zero attached hydrogens (tertiary/aromatic N) is 1. The molecule has 0 saturated heterocycles. The number of para-hydroxylation sites is 1. The molecule has 1 N–H and O–H groups in total. The summed E-state index contributed by atoms with van der Waals surface area (Å²) in [5, 5.41) is 1.06. The topological polar surface area (TPSA) is 54.6 Å². The van der Waals surface area contributed by atoms with Gasteiger partial charge in [-0.25, -0.2) is 0 Å². The number of rotatable bonds is 6. The van der Waals surface area contributed by atoms with Gasteiger partial charge in [-0.2, -0.15) is 0 Å². The molecule has 0 saturated carbocycles. The van der Waals surface area contributed by atoms with Gasteiger partial charge >= 0.3 is 0 Å². The molecule has 0 spiro atoms. The molecule has 1 aliphatic rings. The molecule has 1 aliphatic heterocycles. The van der Waals surface area contributed by atoms with Crippen LogP contribution in [0, 0.1) is 0 Å². The third-order valence-corrected chi connectivity index (χ3v) is 6.25. The molecule has 1 amide bonds. The Morgan fingerprint density at radius 2 is 1.75 bits per heavy atom. The van der Waals surface area contributed by atoms with Crippen molar-refractivity contribution in [2.45, 2.75) is 6.04 Å². The highest BCUT2D eigenvalue weighted by atomic mass is 35.5. The predicted molar refractivity (Wildman–Crippen MR) is 127 cm³/mol. The van der Waals surface area contributed by atoms with Crippen LogP contribution in [0.1, 0.15) is 27.5 Å². The zero-order chi connectivity index (χ0) is 22.2. The van der Waals surface area contributed by atoms with Crippen LogP contribution < -0.4 is 9.47 Å². The average Bonchev–Trinajstić information content (AvgIpc) is 3.34. The van der Waals surface area contributed by atoms with Crippen LogP contribution >= 0.6 is 11.6 Å². The molecule has 5 rings (SSSR count). The predicted octanol–water partition coefficient (Wildman–Crippen LogP) is 5.64. The molecule has 32 heavy (non-hydrogen) atoms. The van der Waals surface area contributed by atoms with Gasteiger partial charge in [0.25, 0.3) is 5.91 Å². The van der Waals surface area contributed by atoms with E-state index in [0.29, 0.717) is 12.4 Å². The van der Waals surface area contributed by atoms with E-state index in [1.54, 1.807) is 14.2 Å². The Balaban J connectivity index is 1.83. The summed E-state index contributed by atoms with van der Waals surface area (Å²) < 4.78 is 11.2. The summed E-state index contributed by atoms with van der Waals surface area (Å²) in [6, 6.07) is 21.4. The molecule has 1 atom stereocenters. The number of benzene rings is 3. The molecule has 0 aliphatic carbocycles. The number of aromatic amines is 1. The summed E-state index contributed by atoms with van der Waals surface area (Å²) in [6.07, 6.45) is 0. The second-order valence-corrected chi connectivity index (χ2v) is 8.08. The van der Waals surface area contributed by atoms with Crippen molar-refractivity contribution in [3.63, 3.8) is 0 Å². The molecule has 0 radical (unpaired) electrons. The molecular formula is C26H23ClN2O3. The number of carbonyl (C=O) groups excluding carboxylic acids is 1. The lowest BCUT2D eigenvalue weighted by atomic mass is 9.93. The third-order valence-electron chi connectivity index (χ3n) is 6.08. The molecule has 1 aromatic heterocycles.